The summed E-state index contributed by atoms with van der Waals surface area (Å²) < 4.78 is 27.5. The van der Waals surface area contributed by atoms with Gasteiger partial charge in [0.25, 0.3) is 11.8 Å². The van der Waals surface area contributed by atoms with E-state index < -0.39 is 17.6 Å². The quantitative estimate of drug-likeness (QED) is 0.158. The Morgan fingerprint density at radius 2 is 1.68 bits per heavy atom. The summed E-state index contributed by atoms with van der Waals surface area (Å²) in [4.78, 5) is 40.8. The van der Waals surface area contributed by atoms with Crippen LogP contribution in [0.15, 0.2) is 60.7 Å². The Morgan fingerprint density at radius 1 is 0.957 bits per heavy atom. The number of aromatic nitrogens is 1. The van der Waals surface area contributed by atoms with E-state index in [0.29, 0.717) is 68.6 Å². The van der Waals surface area contributed by atoms with E-state index in [0.717, 1.165) is 16.5 Å². The fourth-order valence-electron chi connectivity index (χ4n) is 5.43. The second kappa shape index (κ2) is 15.4. The van der Waals surface area contributed by atoms with E-state index in [1.165, 1.54) is 6.07 Å². The molecule has 0 saturated carbocycles. The minimum atomic E-state index is -0.420. The third-order valence-corrected chi connectivity index (χ3v) is 8.28. The van der Waals surface area contributed by atoms with Crippen LogP contribution in [0.5, 0.6) is 0 Å². The highest BCUT2D eigenvalue weighted by atomic mass is 35.5. The number of rotatable bonds is 12. The summed E-state index contributed by atoms with van der Waals surface area (Å²) in [5.41, 5.74) is 3.51. The Bertz CT molecular complexity index is 1770. The van der Waals surface area contributed by atoms with E-state index in [2.05, 4.69) is 16.0 Å². The summed E-state index contributed by atoms with van der Waals surface area (Å²) in [6.07, 6.45) is 0.661. The molecule has 12 heteroatoms. The normalized spacial score (nSPS) is 13.2. The number of nitrogens with one attached hydrogen (secondary N) is 3. The lowest BCUT2D eigenvalue weighted by atomic mass is 10.1. The van der Waals surface area contributed by atoms with Gasteiger partial charge >= 0.3 is 0 Å². The van der Waals surface area contributed by atoms with Crippen LogP contribution in [-0.4, -0.2) is 62.3 Å². The van der Waals surface area contributed by atoms with Crippen molar-refractivity contribution in [1.29, 1.82) is 0 Å². The van der Waals surface area contributed by atoms with E-state index in [9.17, 15) is 14.4 Å². The van der Waals surface area contributed by atoms with E-state index >= 15 is 4.39 Å². The first-order valence-corrected chi connectivity index (χ1v) is 16.0. The number of benzene rings is 3. The van der Waals surface area contributed by atoms with Crippen molar-refractivity contribution in [2.45, 2.75) is 33.4 Å². The summed E-state index contributed by atoms with van der Waals surface area (Å²) >= 11 is 6.37. The molecule has 3 aromatic carbocycles. The zero-order chi connectivity index (χ0) is 33.5. The lowest BCUT2D eigenvalue weighted by molar-refractivity contribution is -0.124. The van der Waals surface area contributed by atoms with Crippen molar-refractivity contribution in [2.75, 3.05) is 55.6 Å². The van der Waals surface area contributed by atoms with Gasteiger partial charge in [0, 0.05) is 68.1 Å². The van der Waals surface area contributed by atoms with Crippen molar-refractivity contribution in [1.82, 2.24) is 9.88 Å². The maximum absolute atomic E-state index is 15.0. The highest BCUT2D eigenvalue weighted by molar-refractivity contribution is 6.34. The molecule has 1 aliphatic heterocycles. The van der Waals surface area contributed by atoms with Crippen molar-refractivity contribution >= 4 is 57.3 Å². The SMILES string of the molecule is COCCCn1c(C(=O)Nc2ccc(N3CCOCC3)c(F)c2)cc2cc(NC(=O)c3cc(CNC(=O)C(C)C)ccc3Cl)ccc21. The van der Waals surface area contributed by atoms with Crippen molar-refractivity contribution in [3.63, 3.8) is 0 Å². The summed E-state index contributed by atoms with van der Waals surface area (Å²) in [5, 5.41) is 9.59. The Hall–Kier alpha value is -4.45. The van der Waals surface area contributed by atoms with Gasteiger partial charge in [0.05, 0.1) is 29.5 Å². The molecule has 248 valence electrons. The first-order valence-electron chi connectivity index (χ1n) is 15.6. The topological polar surface area (TPSA) is 114 Å². The molecule has 1 saturated heterocycles. The molecule has 3 N–H and O–H groups in total. The molecule has 0 bridgehead atoms. The standard InChI is InChI=1S/C35H39ClFN5O5/c1-22(2)33(43)38-21-23-5-8-28(36)27(17-23)34(44)39-25-6-9-30-24(18-25)19-32(42(30)11-4-14-46-3)35(45)40-26-7-10-31(29(37)20-26)41-12-15-47-16-13-41/h5-10,17-20,22H,4,11-16,21H2,1-3H3,(H,38,43)(H,39,44)(H,40,45). The third kappa shape index (κ3) is 8.29. The van der Waals surface area contributed by atoms with Gasteiger partial charge in [-0.05, 0) is 66.6 Å². The number of hydrogen-bond donors (Lipinski definition) is 3. The maximum Gasteiger partial charge on any atom is 0.272 e. The van der Waals surface area contributed by atoms with Crippen LogP contribution in [-0.2, 0) is 27.4 Å². The summed E-state index contributed by atoms with van der Waals surface area (Å²) in [7, 11) is 1.62. The van der Waals surface area contributed by atoms with Crippen molar-refractivity contribution in [3.05, 3.63) is 88.3 Å². The number of anilines is 3. The molecule has 10 nitrogen and oxygen atoms in total. The zero-order valence-corrected chi connectivity index (χ0v) is 27.5. The van der Waals surface area contributed by atoms with Crippen molar-refractivity contribution in [2.24, 2.45) is 5.92 Å². The van der Waals surface area contributed by atoms with Gasteiger partial charge in [-0.1, -0.05) is 31.5 Å². The average molecular weight is 664 g/mol. The predicted molar refractivity (Wildman–Crippen MR) is 182 cm³/mol. The van der Waals surface area contributed by atoms with Gasteiger partial charge in [-0.15, -0.1) is 0 Å². The van der Waals surface area contributed by atoms with Gasteiger partial charge in [-0.2, -0.15) is 0 Å². The number of carbonyl (C=O) groups excluding carboxylic acids is 3. The second-order valence-electron chi connectivity index (χ2n) is 11.7. The molecule has 1 fully saturated rings. The number of hydrogen-bond acceptors (Lipinski definition) is 6. The van der Waals surface area contributed by atoms with E-state index in [-0.39, 0.29) is 29.0 Å². The molecule has 0 spiro atoms. The number of halogens is 2. The number of nitrogens with zero attached hydrogens (tertiary/aromatic N) is 2. The van der Waals surface area contributed by atoms with Crippen LogP contribution >= 0.6 is 11.6 Å². The van der Waals surface area contributed by atoms with Crippen LogP contribution in [0.4, 0.5) is 21.5 Å². The Labute approximate surface area is 278 Å². The molecule has 4 aromatic rings. The van der Waals surface area contributed by atoms with Gasteiger partial charge < -0.3 is 34.9 Å². The molecule has 1 aliphatic rings. The number of carbonyl (C=O) groups is 3. The first-order chi connectivity index (χ1) is 22.6. The molecule has 3 amide bonds. The van der Waals surface area contributed by atoms with Crippen LogP contribution in [0.3, 0.4) is 0 Å². The van der Waals surface area contributed by atoms with E-state index in [1.54, 1.807) is 55.6 Å². The fraction of sp³-hybridized carbons (Fsp3) is 0.343. The molecular formula is C35H39ClFN5O5. The molecule has 5 rings (SSSR count). The molecular weight excluding hydrogens is 625 g/mol. The van der Waals surface area contributed by atoms with Crippen molar-refractivity contribution < 1.29 is 28.2 Å². The lowest BCUT2D eigenvalue weighted by Gasteiger charge is -2.29. The molecule has 0 radical (unpaired) electrons. The smallest absolute Gasteiger partial charge is 0.272 e. The molecule has 1 aromatic heterocycles. The number of fused-ring (bicyclic) bond motifs is 1. The number of ether oxygens (including phenoxy) is 2. The van der Waals surface area contributed by atoms with Crippen molar-refractivity contribution in [3.8, 4) is 0 Å². The fourth-order valence-corrected chi connectivity index (χ4v) is 5.64. The average Bonchev–Trinajstić information content (AvgIpc) is 3.42. The Balaban J connectivity index is 1.35. The van der Waals surface area contributed by atoms with E-state index in [1.807, 2.05) is 29.4 Å². The van der Waals surface area contributed by atoms with Crippen LogP contribution in [0, 0.1) is 11.7 Å². The summed E-state index contributed by atoms with van der Waals surface area (Å²) in [6.45, 7) is 7.18. The van der Waals surface area contributed by atoms with Crippen LogP contribution < -0.4 is 20.9 Å². The monoisotopic (exact) mass is 663 g/mol. The minimum Gasteiger partial charge on any atom is -0.385 e. The highest BCUT2D eigenvalue weighted by Crippen LogP contribution is 2.28. The van der Waals surface area contributed by atoms with Gasteiger partial charge in [-0.25, -0.2) is 4.39 Å². The largest absolute Gasteiger partial charge is 0.385 e. The highest BCUT2D eigenvalue weighted by Gasteiger charge is 2.20. The number of amides is 3. The van der Waals surface area contributed by atoms with Gasteiger partial charge in [0.1, 0.15) is 11.5 Å². The number of methoxy groups -OCH3 is 1. The van der Waals surface area contributed by atoms with Crippen LogP contribution in [0.2, 0.25) is 5.02 Å². The van der Waals surface area contributed by atoms with Gasteiger partial charge in [0.15, 0.2) is 0 Å². The van der Waals surface area contributed by atoms with Crippen LogP contribution in [0.25, 0.3) is 10.9 Å². The zero-order valence-electron chi connectivity index (χ0n) is 26.7. The number of morpholine rings is 1. The molecule has 2 heterocycles. The first kappa shape index (κ1) is 33.9. The van der Waals surface area contributed by atoms with Crippen LogP contribution in [0.1, 0.15) is 46.7 Å². The molecule has 47 heavy (non-hydrogen) atoms. The third-order valence-electron chi connectivity index (χ3n) is 7.95. The molecule has 0 atom stereocenters. The Kier molecular flexibility index (Phi) is 11.1. The number of aryl methyl sites for hydroxylation is 1. The lowest BCUT2D eigenvalue weighted by Crippen LogP contribution is -2.36. The molecule has 0 unspecified atom stereocenters. The van der Waals surface area contributed by atoms with Gasteiger partial charge in [-0.3, -0.25) is 14.4 Å². The maximum atomic E-state index is 15.0. The minimum absolute atomic E-state index is 0.0877. The summed E-state index contributed by atoms with van der Waals surface area (Å²) in [6, 6.07) is 16.9. The van der Waals surface area contributed by atoms with E-state index in [4.69, 9.17) is 21.1 Å². The van der Waals surface area contributed by atoms with Gasteiger partial charge in [0.2, 0.25) is 5.91 Å². The summed E-state index contributed by atoms with van der Waals surface area (Å²) in [5.74, 6) is -1.47. The Morgan fingerprint density at radius 3 is 2.40 bits per heavy atom. The second-order valence-corrected chi connectivity index (χ2v) is 12.1. The predicted octanol–water partition coefficient (Wildman–Crippen LogP) is 6.08. The molecule has 0 aliphatic carbocycles.